The highest BCUT2D eigenvalue weighted by atomic mass is 32.1. The Labute approximate surface area is 105 Å². The van der Waals surface area contributed by atoms with Crippen molar-refractivity contribution in [3.63, 3.8) is 0 Å². The summed E-state index contributed by atoms with van der Waals surface area (Å²) in [5.74, 6) is 0.468. The van der Waals surface area contributed by atoms with Crippen LogP contribution in [0.1, 0.15) is 10.6 Å². The predicted octanol–water partition coefficient (Wildman–Crippen LogP) is 1.79. The third-order valence-corrected chi connectivity index (χ3v) is 3.41. The fourth-order valence-electron chi connectivity index (χ4n) is 1.56. The highest BCUT2D eigenvalue weighted by molar-refractivity contribution is 7.09. The first-order valence-electron chi connectivity index (χ1n) is 5.51. The number of hydrogen-bond donors (Lipinski definition) is 1. The number of anilines is 1. The van der Waals surface area contributed by atoms with Gasteiger partial charge in [-0.05, 0) is 24.9 Å². The van der Waals surface area contributed by atoms with Crippen LogP contribution in [0, 0.1) is 0 Å². The zero-order valence-electron chi connectivity index (χ0n) is 9.84. The van der Waals surface area contributed by atoms with Gasteiger partial charge in [-0.15, -0.1) is 11.3 Å². The number of likely N-dealkylation sites (N-methyl/N-ethyl adjacent to an activating group) is 1. The van der Waals surface area contributed by atoms with Gasteiger partial charge in [0.1, 0.15) is 5.82 Å². The van der Waals surface area contributed by atoms with Crippen LogP contribution in [0.2, 0.25) is 0 Å². The van der Waals surface area contributed by atoms with Crippen LogP contribution in [0.3, 0.4) is 0 Å². The van der Waals surface area contributed by atoms with Crippen molar-refractivity contribution < 1.29 is 0 Å². The Kier molecular flexibility index (Phi) is 4.06. The monoisotopic (exact) mass is 248 g/mol. The second-order valence-electron chi connectivity index (χ2n) is 4.00. The van der Waals surface area contributed by atoms with Crippen molar-refractivity contribution in [2.75, 3.05) is 19.3 Å². The maximum Gasteiger partial charge on any atom is 0.141 e. The molecule has 90 valence electrons. The van der Waals surface area contributed by atoms with E-state index in [0.29, 0.717) is 5.82 Å². The summed E-state index contributed by atoms with van der Waals surface area (Å²) in [5, 5.41) is 2.11. The summed E-state index contributed by atoms with van der Waals surface area (Å²) in [6.45, 7) is 1.82. The third-order valence-electron chi connectivity index (χ3n) is 2.48. The molecule has 0 aliphatic carbocycles. The minimum absolute atomic E-state index is 0.468. The Balaban J connectivity index is 1.80. The van der Waals surface area contributed by atoms with E-state index in [9.17, 15) is 0 Å². The van der Waals surface area contributed by atoms with Crippen LogP contribution in [-0.2, 0) is 13.0 Å². The standard InChI is InChI=1S/C12H16N4S/c1-16(5-4-11-3-2-6-17-11)9-10-7-15-12(13)8-14-10/h2-3,6-8H,4-5,9H2,1H3,(H2,13,15). The van der Waals surface area contributed by atoms with Crippen molar-refractivity contribution in [3.8, 4) is 0 Å². The van der Waals surface area contributed by atoms with Gasteiger partial charge in [0, 0.05) is 18.0 Å². The molecule has 2 heterocycles. The molecule has 4 nitrogen and oxygen atoms in total. The molecule has 2 rings (SSSR count). The Bertz CT molecular complexity index is 438. The fourth-order valence-corrected chi connectivity index (χ4v) is 2.26. The highest BCUT2D eigenvalue weighted by Gasteiger charge is 2.03. The molecule has 0 spiro atoms. The molecule has 0 unspecified atom stereocenters. The normalized spacial score (nSPS) is 10.9. The van der Waals surface area contributed by atoms with Gasteiger partial charge in [-0.3, -0.25) is 4.98 Å². The lowest BCUT2D eigenvalue weighted by Crippen LogP contribution is -2.21. The molecule has 0 bridgehead atoms. The first-order chi connectivity index (χ1) is 8.24. The summed E-state index contributed by atoms with van der Waals surface area (Å²) in [7, 11) is 2.09. The molecule has 2 aromatic rings. The first-order valence-corrected chi connectivity index (χ1v) is 6.39. The van der Waals surface area contributed by atoms with Crippen molar-refractivity contribution in [1.29, 1.82) is 0 Å². The van der Waals surface area contributed by atoms with E-state index in [4.69, 9.17) is 5.73 Å². The molecule has 0 aliphatic rings. The van der Waals surface area contributed by atoms with Gasteiger partial charge in [-0.2, -0.15) is 0 Å². The van der Waals surface area contributed by atoms with Crippen LogP contribution in [0.15, 0.2) is 29.9 Å². The van der Waals surface area contributed by atoms with Crippen LogP contribution < -0.4 is 5.73 Å². The van der Waals surface area contributed by atoms with Crippen molar-refractivity contribution in [2.45, 2.75) is 13.0 Å². The summed E-state index contributed by atoms with van der Waals surface area (Å²) in [5.41, 5.74) is 6.45. The minimum Gasteiger partial charge on any atom is -0.382 e. The molecule has 0 radical (unpaired) electrons. The van der Waals surface area contributed by atoms with Crippen molar-refractivity contribution in [1.82, 2.24) is 14.9 Å². The van der Waals surface area contributed by atoms with Gasteiger partial charge in [0.15, 0.2) is 0 Å². The van der Waals surface area contributed by atoms with E-state index in [0.717, 1.165) is 25.2 Å². The molecule has 0 saturated carbocycles. The van der Waals surface area contributed by atoms with Gasteiger partial charge in [-0.1, -0.05) is 6.07 Å². The van der Waals surface area contributed by atoms with E-state index >= 15 is 0 Å². The average Bonchev–Trinajstić information content (AvgIpc) is 2.83. The van der Waals surface area contributed by atoms with Gasteiger partial charge in [0.2, 0.25) is 0 Å². The maximum absolute atomic E-state index is 5.49. The number of hydrogen-bond acceptors (Lipinski definition) is 5. The molecule has 0 atom stereocenters. The number of rotatable bonds is 5. The Morgan fingerprint density at radius 3 is 2.88 bits per heavy atom. The second-order valence-corrected chi connectivity index (χ2v) is 5.03. The second kappa shape index (κ2) is 5.75. The molecular formula is C12H16N4S. The maximum atomic E-state index is 5.49. The van der Waals surface area contributed by atoms with E-state index in [2.05, 4.69) is 39.4 Å². The summed E-state index contributed by atoms with van der Waals surface area (Å²) in [6.07, 6.45) is 4.41. The van der Waals surface area contributed by atoms with Crippen LogP contribution >= 0.6 is 11.3 Å². The van der Waals surface area contributed by atoms with Crippen molar-refractivity contribution >= 4 is 17.2 Å². The van der Waals surface area contributed by atoms with Gasteiger partial charge in [0.05, 0.1) is 18.1 Å². The van der Waals surface area contributed by atoms with Crippen LogP contribution in [0.4, 0.5) is 5.82 Å². The molecule has 0 amide bonds. The van der Waals surface area contributed by atoms with Crippen molar-refractivity contribution in [2.24, 2.45) is 0 Å². The van der Waals surface area contributed by atoms with Crippen LogP contribution in [0.5, 0.6) is 0 Å². The zero-order chi connectivity index (χ0) is 12.1. The lowest BCUT2D eigenvalue weighted by atomic mass is 10.3. The quantitative estimate of drug-likeness (QED) is 0.876. The predicted molar refractivity (Wildman–Crippen MR) is 70.8 cm³/mol. The molecule has 17 heavy (non-hydrogen) atoms. The molecular weight excluding hydrogens is 232 g/mol. The van der Waals surface area contributed by atoms with E-state index in [1.807, 2.05) is 0 Å². The molecule has 2 N–H and O–H groups in total. The molecule has 0 saturated heterocycles. The minimum atomic E-state index is 0.468. The Hall–Kier alpha value is -1.46. The van der Waals surface area contributed by atoms with E-state index in [1.54, 1.807) is 23.7 Å². The highest BCUT2D eigenvalue weighted by Crippen LogP contribution is 2.10. The zero-order valence-corrected chi connectivity index (χ0v) is 10.7. The molecule has 0 aliphatic heterocycles. The summed E-state index contributed by atoms with van der Waals surface area (Å²) in [4.78, 5) is 11.9. The average molecular weight is 248 g/mol. The summed E-state index contributed by atoms with van der Waals surface area (Å²) in [6, 6.07) is 4.26. The molecule has 0 fully saturated rings. The smallest absolute Gasteiger partial charge is 0.141 e. The molecule has 5 heteroatoms. The van der Waals surface area contributed by atoms with Gasteiger partial charge in [-0.25, -0.2) is 4.98 Å². The van der Waals surface area contributed by atoms with E-state index in [1.165, 1.54) is 4.88 Å². The largest absolute Gasteiger partial charge is 0.382 e. The van der Waals surface area contributed by atoms with Gasteiger partial charge >= 0.3 is 0 Å². The van der Waals surface area contributed by atoms with Crippen LogP contribution in [-0.4, -0.2) is 28.5 Å². The first kappa shape index (κ1) is 12.0. The van der Waals surface area contributed by atoms with Crippen LogP contribution in [0.25, 0.3) is 0 Å². The Morgan fingerprint density at radius 1 is 1.35 bits per heavy atom. The lowest BCUT2D eigenvalue weighted by molar-refractivity contribution is 0.327. The van der Waals surface area contributed by atoms with Crippen molar-refractivity contribution in [3.05, 3.63) is 40.5 Å². The number of thiophene rings is 1. The Morgan fingerprint density at radius 2 is 2.24 bits per heavy atom. The SMILES string of the molecule is CN(CCc1cccs1)Cc1cnc(N)cn1. The number of nitrogens with two attached hydrogens (primary N) is 1. The number of nitrogens with zero attached hydrogens (tertiary/aromatic N) is 3. The molecule has 0 aromatic carbocycles. The van der Waals surface area contributed by atoms with E-state index in [-0.39, 0.29) is 0 Å². The van der Waals surface area contributed by atoms with Gasteiger partial charge < -0.3 is 10.6 Å². The topological polar surface area (TPSA) is 55.0 Å². The van der Waals surface area contributed by atoms with Gasteiger partial charge in [0.25, 0.3) is 0 Å². The fraction of sp³-hybridized carbons (Fsp3) is 0.333. The number of nitrogen functional groups attached to an aromatic ring is 1. The number of aromatic nitrogens is 2. The third kappa shape index (κ3) is 3.80. The molecule has 2 aromatic heterocycles. The van der Waals surface area contributed by atoms with E-state index < -0.39 is 0 Å². The summed E-state index contributed by atoms with van der Waals surface area (Å²) < 4.78 is 0. The summed E-state index contributed by atoms with van der Waals surface area (Å²) >= 11 is 1.80. The lowest BCUT2D eigenvalue weighted by Gasteiger charge is -2.15.